The van der Waals surface area contributed by atoms with E-state index in [2.05, 4.69) is 328 Å². The second-order valence-electron chi connectivity index (χ2n) is 31.4. The summed E-state index contributed by atoms with van der Waals surface area (Å²) in [6.45, 7) is 0. The Hall–Kier alpha value is -15.9. The summed E-state index contributed by atoms with van der Waals surface area (Å²) in [6.07, 6.45) is 0. The van der Waals surface area contributed by atoms with Crippen molar-refractivity contribution in [1.82, 2.24) is 29.9 Å². The van der Waals surface area contributed by atoms with Crippen molar-refractivity contribution in [2.45, 2.75) is 0 Å². The fourth-order valence-corrected chi connectivity index (χ4v) is 20.7. The zero-order valence-corrected chi connectivity index (χ0v) is 67.3. The van der Waals surface area contributed by atoms with E-state index in [1.165, 1.54) is 51.3 Å². The molecule has 0 radical (unpaired) electrons. The maximum atomic E-state index is 6.79. The first-order chi connectivity index (χ1) is 60.9. The Balaban J connectivity index is 0.000000136. The number of aromatic nitrogens is 6. The molecule has 0 fully saturated rings. The van der Waals surface area contributed by atoms with Crippen molar-refractivity contribution in [2.75, 3.05) is 0 Å². The quantitative estimate of drug-likeness (QED) is 0.123. The van der Waals surface area contributed by atoms with E-state index >= 15 is 0 Å². The molecule has 0 aliphatic carbocycles. The first-order valence-corrected chi connectivity index (χ1v) is 42.8. The Bertz CT molecular complexity index is 8690. The number of thiophene rings is 2. The van der Waals surface area contributed by atoms with Crippen molar-refractivity contribution in [3.05, 3.63) is 388 Å². The van der Waals surface area contributed by atoms with Gasteiger partial charge in [-0.05, 0) is 108 Å². The summed E-state index contributed by atoms with van der Waals surface area (Å²) in [5.74, 6) is 1.31. The van der Waals surface area contributed by atoms with Gasteiger partial charge in [-0.2, -0.15) is 0 Å². The number of nitrogens with zero attached hydrogens (tertiary/aromatic N) is 6. The summed E-state index contributed by atoms with van der Waals surface area (Å²) in [4.78, 5) is 31.4. The molecule has 0 N–H and O–H groups in total. The molecule has 0 amide bonds. The molecule has 0 aliphatic rings. The van der Waals surface area contributed by atoms with Crippen molar-refractivity contribution in [3.63, 3.8) is 0 Å². The molecule has 9 aromatic heterocycles. The molecule has 0 unspecified atom stereocenters. The number of benzene rings is 17. The number of pyridine rings is 2. The molecule has 9 heterocycles. The molecular formula is C112H64N6O3S2. The molecule has 572 valence electrons. The van der Waals surface area contributed by atoms with Gasteiger partial charge in [0.15, 0.2) is 11.6 Å². The number of hydrogen-bond donors (Lipinski definition) is 0. The maximum Gasteiger partial charge on any atom is 0.160 e. The van der Waals surface area contributed by atoms with Crippen LogP contribution in [0.15, 0.2) is 401 Å². The Morgan fingerprint density at radius 3 is 1.13 bits per heavy atom. The summed E-state index contributed by atoms with van der Waals surface area (Å²) in [6, 6.07) is 136. The molecule has 9 nitrogen and oxygen atoms in total. The lowest BCUT2D eigenvalue weighted by Gasteiger charge is -2.15. The van der Waals surface area contributed by atoms with Crippen LogP contribution in [0, 0.1) is 0 Å². The number of para-hydroxylation sites is 5. The molecule has 0 saturated carbocycles. The van der Waals surface area contributed by atoms with Gasteiger partial charge < -0.3 is 13.3 Å². The van der Waals surface area contributed by atoms with Crippen LogP contribution in [0.2, 0.25) is 0 Å². The number of fused-ring (bicyclic) bond motifs is 23. The van der Waals surface area contributed by atoms with Gasteiger partial charge >= 0.3 is 0 Å². The fraction of sp³-hybridized carbons (Fsp3) is 0. The van der Waals surface area contributed by atoms with E-state index in [0.717, 1.165) is 199 Å². The number of rotatable bonds is 10. The molecule has 0 spiro atoms. The van der Waals surface area contributed by atoms with Crippen molar-refractivity contribution in [1.29, 1.82) is 0 Å². The second-order valence-corrected chi connectivity index (χ2v) is 33.5. The average molecular weight is 1610 g/mol. The zero-order valence-electron chi connectivity index (χ0n) is 65.7. The van der Waals surface area contributed by atoms with Crippen molar-refractivity contribution in [3.8, 4) is 113 Å². The van der Waals surface area contributed by atoms with E-state index in [1.807, 2.05) is 83.3 Å². The number of hydrogen-bond acceptors (Lipinski definition) is 11. The largest absolute Gasteiger partial charge is 0.456 e. The molecule has 0 saturated heterocycles. The molecule has 17 aromatic carbocycles. The first kappa shape index (κ1) is 70.1. The van der Waals surface area contributed by atoms with E-state index < -0.39 is 0 Å². The smallest absolute Gasteiger partial charge is 0.160 e. The van der Waals surface area contributed by atoms with Crippen LogP contribution in [-0.4, -0.2) is 29.9 Å². The standard InChI is InChI=1S/C59H33N3O2S.C53H31N3OS/c1-2-12-36(13-3-1)57-46-32-45(58-56(44-17-7-11-21-54(44)65-58)55(46)43-16-4-8-18-47(43)60-57)34-22-24-35(25-23-34)48-33-49(37-26-28-41-39-14-5-9-19-50(39)63-52(41)30-37)62-59(61-48)38-27-29-42-40-15-6-10-20-51(40)64-53(42)31-38;1-3-13-34(14-4-1)51-42-30-41(52-50(40-19-8-11-21-46(40)57-52)49(42)39-18-7-10-20-43(39)54-51)32-23-25-33(26-24-32)44-31-45(56-53(55-44)35-15-5-2-6-16-35)36-27-28-38-37-17-9-12-22-47(37)58-48(38)29-36/h1-33H;1-31H. The molecule has 26 rings (SSSR count). The molecule has 0 atom stereocenters. The summed E-state index contributed by atoms with van der Waals surface area (Å²) >= 11 is 3.67. The monoisotopic (exact) mass is 1600 g/mol. The number of furan rings is 3. The van der Waals surface area contributed by atoms with Crippen LogP contribution >= 0.6 is 22.7 Å². The molecule has 11 heteroatoms. The van der Waals surface area contributed by atoms with Crippen molar-refractivity contribution < 1.29 is 13.3 Å². The minimum atomic E-state index is 0.614. The normalized spacial score (nSPS) is 11.9. The third-order valence-electron chi connectivity index (χ3n) is 24.2. The van der Waals surface area contributed by atoms with Gasteiger partial charge in [0.25, 0.3) is 0 Å². The van der Waals surface area contributed by atoms with E-state index in [-0.39, 0.29) is 0 Å². The zero-order chi connectivity index (χ0) is 80.7. The van der Waals surface area contributed by atoms with Gasteiger partial charge in [0.1, 0.15) is 33.5 Å². The van der Waals surface area contributed by atoms with E-state index in [9.17, 15) is 0 Å². The molecule has 26 aromatic rings. The van der Waals surface area contributed by atoms with Gasteiger partial charge in [-0.25, -0.2) is 29.9 Å². The average Bonchev–Trinajstić information content (AvgIpc) is 1.63. The molecule has 0 bridgehead atoms. The lowest BCUT2D eigenvalue weighted by molar-refractivity contribution is 0.668. The van der Waals surface area contributed by atoms with E-state index in [4.69, 9.17) is 43.2 Å². The van der Waals surface area contributed by atoms with Crippen LogP contribution in [-0.2, 0) is 0 Å². The van der Waals surface area contributed by atoms with Gasteiger partial charge in [-0.3, -0.25) is 0 Å². The van der Waals surface area contributed by atoms with E-state index in [0.29, 0.717) is 11.6 Å². The first-order valence-electron chi connectivity index (χ1n) is 41.2. The second kappa shape index (κ2) is 28.4. The predicted octanol–water partition coefficient (Wildman–Crippen LogP) is 31.5. The van der Waals surface area contributed by atoms with Crippen LogP contribution in [0.1, 0.15) is 0 Å². The molecule has 123 heavy (non-hydrogen) atoms. The molecule has 0 aliphatic heterocycles. The van der Waals surface area contributed by atoms with Gasteiger partial charge in [0.05, 0.1) is 45.2 Å². The Kier molecular flexibility index (Phi) is 16.2. The van der Waals surface area contributed by atoms with Crippen LogP contribution in [0.25, 0.3) is 262 Å². The summed E-state index contributed by atoms with van der Waals surface area (Å²) in [5, 5.41) is 18.5. The Labute approximate surface area is 711 Å². The summed E-state index contributed by atoms with van der Waals surface area (Å²) < 4.78 is 24.5. The molecular weight excluding hydrogens is 1540 g/mol. The summed E-state index contributed by atoms with van der Waals surface area (Å²) in [5.41, 5.74) is 24.7. The topological polar surface area (TPSA) is 117 Å². The van der Waals surface area contributed by atoms with Crippen molar-refractivity contribution >= 4 is 172 Å². The minimum Gasteiger partial charge on any atom is -0.456 e. The fourth-order valence-electron chi connectivity index (χ4n) is 18.3. The van der Waals surface area contributed by atoms with Gasteiger partial charge in [-0.15, -0.1) is 22.7 Å². The van der Waals surface area contributed by atoms with Crippen molar-refractivity contribution in [2.24, 2.45) is 0 Å². The Morgan fingerprint density at radius 2 is 0.561 bits per heavy atom. The Morgan fingerprint density at radius 1 is 0.187 bits per heavy atom. The van der Waals surface area contributed by atoms with Gasteiger partial charge in [-0.1, -0.05) is 291 Å². The third-order valence-corrected chi connectivity index (χ3v) is 26.5. The lowest BCUT2D eigenvalue weighted by atomic mass is 9.91. The van der Waals surface area contributed by atoms with Gasteiger partial charge in [0.2, 0.25) is 0 Å². The lowest BCUT2D eigenvalue weighted by Crippen LogP contribution is -1.96. The van der Waals surface area contributed by atoms with Crippen LogP contribution in [0.4, 0.5) is 0 Å². The highest BCUT2D eigenvalue weighted by Crippen LogP contribution is 2.51. The third kappa shape index (κ3) is 11.8. The predicted molar refractivity (Wildman–Crippen MR) is 512 cm³/mol. The van der Waals surface area contributed by atoms with E-state index in [1.54, 1.807) is 0 Å². The minimum absolute atomic E-state index is 0.614. The highest BCUT2D eigenvalue weighted by molar-refractivity contribution is 7.26. The van der Waals surface area contributed by atoms with Gasteiger partial charge in [0, 0.05) is 161 Å². The highest BCUT2D eigenvalue weighted by Gasteiger charge is 2.26. The van der Waals surface area contributed by atoms with Crippen LogP contribution < -0.4 is 0 Å². The SMILES string of the molecule is c1ccc(-c2nc(-c3ccc(-c4cc5c(-c6ccccc6)nc6ccccc6c5c5c4oc4ccccc45)cc3)cc(-c3ccc4c(c3)sc3ccccc34)n2)cc1.c1ccc(-c2nc3ccccc3c3c2cc(-c2ccc(-c4cc(-c5ccc6c(c5)oc5ccccc56)nc(-c5ccc6c(c5)oc5ccccc56)n4)cc2)c2sc4ccccc4c23)cc1. The van der Waals surface area contributed by atoms with Crippen LogP contribution in [0.5, 0.6) is 0 Å². The van der Waals surface area contributed by atoms with Crippen LogP contribution in [0.3, 0.4) is 0 Å². The maximum absolute atomic E-state index is 6.79. The summed E-state index contributed by atoms with van der Waals surface area (Å²) in [7, 11) is 0. The highest BCUT2D eigenvalue weighted by atomic mass is 32.1.